The van der Waals surface area contributed by atoms with Crippen LogP contribution in [-0.2, 0) is 33.3 Å². The average molecular weight is 472 g/mol. The fraction of sp³-hybridized carbons (Fsp3) is 0.520. The lowest BCUT2D eigenvalue weighted by atomic mass is 9.50. The van der Waals surface area contributed by atoms with Crippen LogP contribution in [0.3, 0.4) is 0 Å². The van der Waals surface area contributed by atoms with Gasteiger partial charge in [0.25, 0.3) is 0 Å². The molecule has 0 amide bonds. The number of Topliss-reactive ketones (excluding diaryl/α,β-unsaturated/α-hetero) is 1. The van der Waals surface area contributed by atoms with Gasteiger partial charge >= 0.3 is 17.9 Å². The zero-order chi connectivity index (χ0) is 24.8. The van der Waals surface area contributed by atoms with Crippen LogP contribution in [0.5, 0.6) is 0 Å². The van der Waals surface area contributed by atoms with Gasteiger partial charge in [0.15, 0.2) is 11.9 Å². The molecule has 182 valence electrons. The molecular formula is C25H28O9. The van der Waals surface area contributed by atoms with E-state index in [0.717, 1.165) is 0 Å². The number of allylic oxidation sites excluding steroid dienone is 2. The molecule has 34 heavy (non-hydrogen) atoms. The minimum Gasteiger partial charge on any atom is -0.472 e. The minimum absolute atomic E-state index is 0.229. The van der Waals surface area contributed by atoms with Crippen LogP contribution in [0.4, 0.5) is 0 Å². The molecule has 0 radical (unpaired) electrons. The van der Waals surface area contributed by atoms with Crippen LogP contribution in [-0.4, -0.2) is 55.7 Å². The van der Waals surface area contributed by atoms with Crippen molar-refractivity contribution in [2.24, 2.45) is 17.3 Å². The van der Waals surface area contributed by atoms with Crippen LogP contribution >= 0.6 is 0 Å². The van der Waals surface area contributed by atoms with Crippen molar-refractivity contribution in [3.8, 4) is 0 Å². The van der Waals surface area contributed by atoms with E-state index in [9.17, 15) is 19.2 Å². The van der Waals surface area contributed by atoms with Gasteiger partial charge in [0.2, 0.25) is 0 Å². The maximum atomic E-state index is 13.6. The maximum Gasteiger partial charge on any atom is 0.338 e. The fourth-order valence-electron chi connectivity index (χ4n) is 5.95. The summed E-state index contributed by atoms with van der Waals surface area (Å²) in [5, 5.41) is 0. The summed E-state index contributed by atoms with van der Waals surface area (Å²) in [7, 11) is 2.51. The number of hydrogen-bond donors (Lipinski definition) is 0. The van der Waals surface area contributed by atoms with E-state index in [2.05, 4.69) is 0 Å². The SMILES string of the molecule is COC(=O)/C=C(C)/C=C1\C(=O)OC(C)C2CC[C@@H](C(=O)c3ccoc3)[C@@]3(O[C@@H]3C(=O)OC)[C@]12C. The molecule has 1 aromatic heterocycles. The van der Waals surface area contributed by atoms with Gasteiger partial charge in [-0.1, -0.05) is 6.92 Å². The Kier molecular flexibility index (Phi) is 6.01. The number of esters is 3. The van der Waals surface area contributed by atoms with Crippen molar-refractivity contribution in [2.75, 3.05) is 14.2 Å². The Hall–Kier alpha value is -3.20. The Morgan fingerprint density at radius 3 is 2.53 bits per heavy atom. The summed E-state index contributed by atoms with van der Waals surface area (Å²) in [4.78, 5) is 51.3. The number of ketones is 1. The molecule has 0 N–H and O–H groups in total. The summed E-state index contributed by atoms with van der Waals surface area (Å²) in [5.41, 5.74) is -1.33. The third kappa shape index (κ3) is 3.41. The summed E-state index contributed by atoms with van der Waals surface area (Å²) < 4.78 is 26.6. The van der Waals surface area contributed by atoms with Gasteiger partial charge < -0.3 is 23.4 Å². The normalized spacial score (nSPS) is 36.0. The summed E-state index contributed by atoms with van der Waals surface area (Å²) in [6.07, 6.45) is 5.08. The highest BCUT2D eigenvalue weighted by Gasteiger charge is 2.80. The zero-order valence-electron chi connectivity index (χ0n) is 19.8. The predicted octanol–water partition coefficient (Wildman–Crippen LogP) is 2.80. The van der Waals surface area contributed by atoms with E-state index in [-0.39, 0.29) is 17.3 Å². The Labute approximate surface area is 197 Å². The third-order valence-corrected chi connectivity index (χ3v) is 7.58. The maximum absolute atomic E-state index is 13.6. The van der Waals surface area contributed by atoms with Gasteiger partial charge in [-0.2, -0.15) is 0 Å². The molecule has 1 aliphatic carbocycles. The van der Waals surface area contributed by atoms with E-state index in [1.165, 1.54) is 32.8 Å². The summed E-state index contributed by atoms with van der Waals surface area (Å²) in [5.74, 6) is -2.95. The van der Waals surface area contributed by atoms with E-state index in [0.29, 0.717) is 24.0 Å². The van der Waals surface area contributed by atoms with Crippen LogP contribution in [0, 0.1) is 17.3 Å². The van der Waals surface area contributed by atoms with Crippen LogP contribution < -0.4 is 0 Å². The van der Waals surface area contributed by atoms with Crippen LogP contribution in [0.2, 0.25) is 0 Å². The second-order valence-corrected chi connectivity index (χ2v) is 9.21. The van der Waals surface area contributed by atoms with E-state index in [4.69, 9.17) is 23.4 Å². The van der Waals surface area contributed by atoms with E-state index >= 15 is 0 Å². The standard InChI is InChI=1S/C25H28O9/c1-13(11-19(26)30-4)10-18-22(28)33-14(2)16-6-7-17(20(27)15-8-9-32-12-15)25(24(16,18)3)21(34-25)23(29)31-5/h8-12,14,16-17,21H,6-7H2,1-5H3/b13-11+,18-10+/t14?,16?,17-,21+,24-,25-/m0/s1. The van der Waals surface area contributed by atoms with Crippen molar-refractivity contribution in [3.05, 3.63) is 47.5 Å². The second-order valence-electron chi connectivity index (χ2n) is 9.21. The van der Waals surface area contributed by atoms with E-state index in [1.54, 1.807) is 26.0 Å². The van der Waals surface area contributed by atoms with Crippen molar-refractivity contribution in [2.45, 2.75) is 51.4 Å². The number of fused-ring (bicyclic) bond motifs is 2. The summed E-state index contributed by atoms with van der Waals surface area (Å²) >= 11 is 0. The van der Waals surface area contributed by atoms with Crippen LogP contribution in [0.15, 0.2) is 46.3 Å². The Balaban J connectivity index is 1.89. The van der Waals surface area contributed by atoms with Crippen LogP contribution in [0.25, 0.3) is 0 Å². The smallest absolute Gasteiger partial charge is 0.338 e. The monoisotopic (exact) mass is 472 g/mol. The molecule has 1 saturated carbocycles. The zero-order valence-corrected chi connectivity index (χ0v) is 19.8. The largest absolute Gasteiger partial charge is 0.472 e. The van der Waals surface area contributed by atoms with Gasteiger partial charge in [-0.05, 0) is 44.4 Å². The molecule has 3 fully saturated rings. The van der Waals surface area contributed by atoms with Gasteiger partial charge in [0, 0.05) is 23.0 Å². The Bertz CT molecular complexity index is 1080. The number of carbonyl (C=O) groups is 4. The van der Waals surface area contributed by atoms with Gasteiger partial charge in [-0.25, -0.2) is 14.4 Å². The van der Waals surface area contributed by atoms with Crippen molar-refractivity contribution in [3.63, 3.8) is 0 Å². The number of ether oxygens (including phenoxy) is 4. The lowest BCUT2D eigenvalue weighted by Crippen LogP contribution is -2.62. The van der Waals surface area contributed by atoms with Crippen molar-refractivity contribution < 1.29 is 42.5 Å². The molecule has 4 rings (SSSR count). The first kappa shape index (κ1) is 23.9. The quantitative estimate of drug-likeness (QED) is 0.209. The van der Waals surface area contributed by atoms with Gasteiger partial charge in [-0.3, -0.25) is 4.79 Å². The fourth-order valence-corrected chi connectivity index (χ4v) is 5.95. The molecule has 3 aliphatic rings. The second kappa shape index (κ2) is 8.54. The summed E-state index contributed by atoms with van der Waals surface area (Å²) in [6.45, 7) is 5.29. The first-order chi connectivity index (χ1) is 16.1. The van der Waals surface area contributed by atoms with Crippen LogP contribution in [0.1, 0.15) is 44.0 Å². The van der Waals surface area contributed by atoms with Gasteiger partial charge in [0.05, 0.1) is 32.0 Å². The number of rotatable bonds is 5. The predicted molar refractivity (Wildman–Crippen MR) is 116 cm³/mol. The average Bonchev–Trinajstić information content (AvgIpc) is 3.29. The molecule has 9 heteroatoms. The molecule has 9 nitrogen and oxygen atoms in total. The molecule has 2 unspecified atom stereocenters. The molecule has 1 aromatic rings. The number of hydrogen-bond acceptors (Lipinski definition) is 9. The van der Waals surface area contributed by atoms with E-state index < -0.39 is 47.0 Å². The van der Waals surface area contributed by atoms with Gasteiger partial charge in [-0.15, -0.1) is 0 Å². The molecule has 6 atom stereocenters. The lowest BCUT2D eigenvalue weighted by Gasteiger charge is -2.54. The highest BCUT2D eigenvalue weighted by molar-refractivity contribution is 6.01. The highest BCUT2D eigenvalue weighted by Crippen LogP contribution is 2.68. The Morgan fingerprint density at radius 2 is 1.91 bits per heavy atom. The number of furan rings is 1. The van der Waals surface area contributed by atoms with Crippen molar-refractivity contribution in [1.82, 2.24) is 0 Å². The van der Waals surface area contributed by atoms with Crippen molar-refractivity contribution in [1.29, 1.82) is 0 Å². The lowest BCUT2D eigenvalue weighted by molar-refractivity contribution is -0.167. The molecule has 0 aromatic carbocycles. The summed E-state index contributed by atoms with van der Waals surface area (Å²) in [6, 6.07) is 1.57. The Morgan fingerprint density at radius 1 is 1.18 bits per heavy atom. The molecule has 3 heterocycles. The molecule has 1 spiro atoms. The minimum atomic E-state index is -1.32. The molecular weight excluding hydrogens is 444 g/mol. The van der Waals surface area contributed by atoms with Crippen molar-refractivity contribution >= 4 is 23.7 Å². The number of epoxide rings is 1. The molecule has 2 aliphatic heterocycles. The topological polar surface area (TPSA) is 122 Å². The number of cyclic esters (lactones) is 1. The van der Waals surface area contributed by atoms with Gasteiger partial charge in [0.1, 0.15) is 18.0 Å². The first-order valence-corrected chi connectivity index (χ1v) is 11.1. The first-order valence-electron chi connectivity index (χ1n) is 11.1. The third-order valence-electron chi connectivity index (χ3n) is 7.58. The molecule has 0 bridgehead atoms. The number of carbonyl (C=O) groups excluding carboxylic acids is 4. The number of methoxy groups -OCH3 is 2. The van der Waals surface area contributed by atoms with E-state index in [1.807, 2.05) is 6.92 Å². The molecule has 2 saturated heterocycles. The highest BCUT2D eigenvalue weighted by atomic mass is 16.7.